The van der Waals surface area contributed by atoms with Crippen LogP contribution in [0.3, 0.4) is 0 Å². The molecular formula is C13H22N4. The zero-order valence-corrected chi connectivity index (χ0v) is 10.8. The summed E-state index contributed by atoms with van der Waals surface area (Å²) in [6, 6.07) is 4.46. The Bertz CT molecular complexity index is 339. The van der Waals surface area contributed by atoms with Gasteiger partial charge in [-0.15, -0.1) is 0 Å². The standard InChI is InChI=1S/C13H22N4/c1-11(14)9-12-3-4-13(15-10-12)17-7-5-16(2)6-8-17/h3-4,10-11H,5-9,14H2,1-2H3. The lowest BCUT2D eigenvalue weighted by molar-refractivity contribution is 0.312. The molecular weight excluding hydrogens is 212 g/mol. The van der Waals surface area contributed by atoms with Gasteiger partial charge in [0.2, 0.25) is 0 Å². The van der Waals surface area contributed by atoms with Crippen molar-refractivity contribution in [2.24, 2.45) is 5.73 Å². The third-order valence-electron chi connectivity index (χ3n) is 3.19. The highest BCUT2D eigenvalue weighted by atomic mass is 15.3. The molecule has 4 nitrogen and oxygen atoms in total. The molecule has 1 aromatic rings. The molecule has 0 spiro atoms. The Hall–Kier alpha value is -1.13. The predicted molar refractivity (Wildman–Crippen MR) is 71.3 cm³/mol. The summed E-state index contributed by atoms with van der Waals surface area (Å²) in [4.78, 5) is 9.22. The average Bonchev–Trinajstić information content (AvgIpc) is 2.30. The first-order valence-corrected chi connectivity index (χ1v) is 6.29. The highest BCUT2D eigenvalue weighted by Crippen LogP contribution is 2.14. The molecule has 1 aliphatic heterocycles. The summed E-state index contributed by atoms with van der Waals surface area (Å²) in [6.07, 6.45) is 2.85. The maximum atomic E-state index is 5.78. The van der Waals surface area contributed by atoms with Crippen molar-refractivity contribution in [3.63, 3.8) is 0 Å². The van der Waals surface area contributed by atoms with Crippen LogP contribution in [0.2, 0.25) is 0 Å². The van der Waals surface area contributed by atoms with Crippen LogP contribution in [0, 0.1) is 0 Å². The zero-order valence-electron chi connectivity index (χ0n) is 10.8. The average molecular weight is 234 g/mol. The van der Waals surface area contributed by atoms with Crippen LogP contribution in [0.25, 0.3) is 0 Å². The van der Waals surface area contributed by atoms with Crippen LogP contribution in [0.5, 0.6) is 0 Å². The lowest BCUT2D eigenvalue weighted by Crippen LogP contribution is -2.44. The minimum atomic E-state index is 0.200. The normalized spacial score (nSPS) is 19.4. The summed E-state index contributed by atoms with van der Waals surface area (Å²) in [5.41, 5.74) is 7.00. The van der Waals surface area contributed by atoms with Crippen molar-refractivity contribution in [3.05, 3.63) is 23.9 Å². The molecule has 1 aliphatic rings. The second-order valence-corrected chi connectivity index (χ2v) is 5.00. The van der Waals surface area contributed by atoms with E-state index in [1.807, 2.05) is 13.1 Å². The van der Waals surface area contributed by atoms with Gasteiger partial charge in [-0.05, 0) is 32.0 Å². The first-order valence-electron chi connectivity index (χ1n) is 6.29. The number of nitrogens with two attached hydrogens (primary N) is 1. The van der Waals surface area contributed by atoms with Gasteiger partial charge in [0.1, 0.15) is 5.82 Å². The number of likely N-dealkylation sites (N-methyl/N-ethyl adjacent to an activating group) is 1. The topological polar surface area (TPSA) is 45.4 Å². The van der Waals surface area contributed by atoms with E-state index in [4.69, 9.17) is 5.73 Å². The summed E-state index contributed by atoms with van der Waals surface area (Å²) in [5.74, 6) is 1.09. The van der Waals surface area contributed by atoms with Gasteiger partial charge in [-0.2, -0.15) is 0 Å². The molecule has 0 radical (unpaired) electrons. The Labute approximate surface area is 103 Å². The lowest BCUT2D eigenvalue weighted by Gasteiger charge is -2.33. The lowest BCUT2D eigenvalue weighted by atomic mass is 10.1. The summed E-state index contributed by atoms with van der Waals surface area (Å²) < 4.78 is 0. The number of piperazine rings is 1. The third-order valence-corrected chi connectivity index (χ3v) is 3.19. The summed E-state index contributed by atoms with van der Waals surface area (Å²) in [6.45, 7) is 6.38. The molecule has 2 N–H and O–H groups in total. The van der Waals surface area contributed by atoms with Gasteiger partial charge in [-0.1, -0.05) is 6.07 Å². The monoisotopic (exact) mass is 234 g/mol. The van der Waals surface area contributed by atoms with Gasteiger partial charge in [0.05, 0.1) is 0 Å². The molecule has 0 aliphatic carbocycles. The molecule has 2 rings (SSSR count). The molecule has 1 fully saturated rings. The van der Waals surface area contributed by atoms with E-state index in [1.54, 1.807) is 0 Å². The number of aromatic nitrogens is 1. The van der Waals surface area contributed by atoms with Gasteiger partial charge in [0.25, 0.3) is 0 Å². The highest BCUT2D eigenvalue weighted by Gasteiger charge is 2.14. The molecule has 0 amide bonds. The molecule has 2 heterocycles. The molecule has 1 atom stereocenters. The van der Waals surface area contributed by atoms with Crippen molar-refractivity contribution < 1.29 is 0 Å². The van der Waals surface area contributed by atoms with Crippen LogP contribution in [-0.4, -0.2) is 49.2 Å². The SMILES string of the molecule is CC(N)Cc1ccc(N2CCN(C)CC2)nc1. The van der Waals surface area contributed by atoms with Crippen LogP contribution < -0.4 is 10.6 Å². The van der Waals surface area contributed by atoms with Gasteiger partial charge in [0, 0.05) is 38.4 Å². The Morgan fingerprint density at radius 3 is 2.53 bits per heavy atom. The minimum Gasteiger partial charge on any atom is -0.354 e. The Morgan fingerprint density at radius 2 is 2.00 bits per heavy atom. The molecule has 0 aromatic carbocycles. The van der Waals surface area contributed by atoms with E-state index < -0.39 is 0 Å². The minimum absolute atomic E-state index is 0.200. The van der Waals surface area contributed by atoms with E-state index >= 15 is 0 Å². The molecule has 1 aromatic heterocycles. The number of anilines is 1. The second-order valence-electron chi connectivity index (χ2n) is 5.00. The van der Waals surface area contributed by atoms with Crippen molar-refractivity contribution in [2.75, 3.05) is 38.1 Å². The van der Waals surface area contributed by atoms with Crippen LogP contribution in [-0.2, 0) is 6.42 Å². The van der Waals surface area contributed by atoms with E-state index in [2.05, 4.69) is 34.0 Å². The summed E-state index contributed by atoms with van der Waals surface area (Å²) >= 11 is 0. The molecule has 4 heteroatoms. The molecule has 0 saturated carbocycles. The smallest absolute Gasteiger partial charge is 0.128 e. The van der Waals surface area contributed by atoms with Gasteiger partial charge in [0.15, 0.2) is 0 Å². The zero-order chi connectivity index (χ0) is 12.3. The molecule has 0 bridgehead atoms. The Kier molecular flexibility index (Phi) is 3.97. The summed E-state index contributed by atoms with van der Waals surface area (Å²) in [7, 11) is 2.16. The maximum Gasteiger partial charge on any atom is 0.128 e. The van der Waals surface area contributed by atoms with Crippen molar-refractivity contribution in [1.82, 2.24) is 9.88 Å². The van der Waals surface area contributed by atoms with E-state index in [0.29, 0.717) is 0 Å². The quantitative estimate of drug-likeness (QED) is 0.837. The number of pyridine rings is 1. The van der Waals surface area contributed by atoms with E-state index in [-0.39, 0.29) is 6.04 Å². The Morgan fingerprint density at radius 1 is 1.29 bits per heavy atom. The van der Waals surface area contributed by atoms with E-state index in [9.17, 15) is 0 Å². The fourth-order valence-electron chi connectivity index (χ4n) is 2.13. The van der Waals surface area contributed by atoms with Crippen molar-refractivity contribution in [3.8, 4) is 0 Å². The van der Waals surface area contributed by atoms with Gasteiger partial charge in [-0.3, -0.25) is 0 Å². The first kappa shape index (κ1) is 12.3. The van der Waals surface area contributed by atoms with Gasteiger partial charge in [-0.25, -0.2) is 4.98 Å². The molecule has 94 valence electrons. The van der Waals surface area contributed by atoms with Crippen LogP contribution in [0.15, 0.2) is 18.3 Å². The molecule has 1 saturated heterocycles. The Balaban J connectivity index is 1.97. The largest absolute Gasteiger partial charge is 0.354 e. The van der Waals surface area contributed by atoms with Crippen molar-refractivity contribution in [1.29, 1.82) is 0 Å². The van der Waals surface area contributed by atoms with Crippen LogP contribution in [0.1, 0.15) is 12.5 Å². The fraction of sp³-hybridized carbons (Fsp3) is 0.615. The van der Waals surface area contributed by atoms with Gasteiger partial charge >= 0.3 is 0 Å². The fourth-order valence-corrected chi connectivity index (χ4v) is 2.13. The second kappa shape index (κ2) is 5.47. The van der Waals surface area contributed by atoms with Crippen molar-refractivity contribution in [2.45, 2.75) is 19.4 Å². The van der Waals surface area contributed by atoms with Crippen molar-refractivity contribution >= 4 is 5.82 Å². The van der Waals surface area contributed by atoms with Crippen LogP contribution in [0.4, 0.5) is 5.82 Å². The third kappa shape index (κ3) is 3.41. The number of hydrogen-bond donors (Lipinski definition) is 1. The van der Waals surface area contributed by atoms with E-state index in [1.165, 1.54) is 5.56 Å². The number of nitrogens with zero attached hydrogens (tertiary/aromatic N) is 3. The maximum absolute atomic E-state index is 5.78. The number of rotatable bonds is 3. The van der Waals surface area contributed by atoms with E-state index in [0.717, 1.165) is 38.4 Å². The van der Waals surface area contributed by atoms with Gasteiger partial charge < -0.3 is 15.5 Å². The molecule has 1 unspecified atom stereocenters. The summed E-state index contributed by atoms with van der Waals surface area (Å²) in [5, 5.41) is 0. The highest BCUT2D eigenvalue weighted by molar-refractivity contribution is 5.40. The molecule has 17 heavy (non-hydrogen) atoms. The predicted octanol–water partition coefficient (Wildman–Crippen LogP) is 0.723. The van der Waals surface area contributed by atoms with Crippen LogP contribution >= 0.6 is 0 Å². The number of hydrogen-bond acceptors (Lipinski definition) is 4. The first-order chi connectivity index (χ1) is 8.15.